The number of ether oxygens (including phenoxy) is 3. The number of allylic oxidation sites excluding steroid dienone is 11. The highest BCUT2D eigenvalue weighted by Gasteiger charge is 2.19. The second-order valence-electron chi connectivity index (χ2n) is 16.0. The Bertz CT molecular complexity index is 1130. The normalized spacial score (nSPS) is 12.7. The summed E-state index contributed by atoms with van der Waals surface area (Å²) in [6.45, 7) is 6.37. The average molecular weight is 823 g/mol. The molecule has 59 heavy (non-hydrogen) atoms. The van der Waals surface area contributed by atoms with Crippen LogP contribution >= 0.6 is 0 Å². The molecule has 0 aromatic carbocycles. The topological polar surface area (TPSA) is 78.9 Å². The first kappa shape index (κ1) is 55.9. The number of hydrogen-bond acceptors (Lipinski definition) is 6. The third kappa shape index (κ3) is 45.8. The SMILES string of the molecule is CC/C=C\C/C=C\C/C=C\CC(=O)OCC(COC(=O)CCC/C=C\C/C=C\C/C=C\CCCCCCCC)OC(=O)CCCCCCCCCCCCCCCCC. The van der Waals surface area contributed by atoms with Gasteiger partial charge in [0.05, 0.1) is 6.42 Å². The largest absolute Gasteiger partial charge is 0.462 e. The Morgan fingerprint density at radius 3 is 1.24 bits per heavy atom. The zero-order valence-electron chi connectivity index (χ0n) is 38.5. The van der Waals surface area contributed by atoms with Crippen LogP contribution in [0.2, 0.25) is 0 Å². The molecule has 0 aliphatic rings. The van der Waals surface area contributed by atoms with Crippen LogP contribution in [-0.4, -0.2) is 37.2 Å². The molecule has 0 aliphatic carbocycles. The van der Waals surface area contributed by atoms with E-state index < -0.39 is 12.1 Å². The minimum Gasteiger partial charge on any atom is -0.462 e. The maximum Gasteiger partial charge on any atom is 0.309 e. The molecule has 0 amide bonds. The quantitative estimate of drug-likeness (QED) is 0.0264. The first-order valence-electron chi connectivity index (χ1n) is 24.4. The van der Waals surface area contributed by atoms with Crippen molar-refractivity contribution in [2.75, 3.05) is 13.2 Å². The molecule has 0 aromatic heterocycles. The van der Waals surface area contributed by atoms with Gasteiger partial charge in [0, 0.05) is 12.8 Å². The van der Waals surface area contributed by atoms with Gasteiger partial charge in [-0.1, -0.05) is 216 Å². The van der Waals surface area contributed by atoms with Crippen molar-refractivity contribution >= 4 is 17.9 Å². The predicted octanol–water partition coefficient (Wildman–Crippen LogP) is 15.9. The van der Waals surface area contributed by atoms with Gasteiger partial charge in [0.2, 0.25) is 0 Å². The Kier molecular flexibility index (Phi) is 45.0. The summed E-state index contributed by atoms with van der Waals surface area (Å²) in [5, 5.41) is 0. The smallest absolute Gasteiger partial charge is 0.309 e. The van der Waals surface area contributed by atoms with E-state index in [2.05, 4.69) is 81.5 Å². The Morgan fingerprint density at radius 1 is 0.373 bits per heavy atom. The molecule has 0 radical (unpaired) electrons. The maximum absolute atomic E-state index is 12.7. The van der Waals surface area contributed by atoms with Gasteiger partial charge in [-0.3, -0.25) is 14.4 Å². The fourth-order valence-corrected chi connectivity index (χ4v) is 6.58. The highest BCUT2D eigenvalue weighted by Crippen LogP contribution is 2.15. The van der Waals surface area contributed by atoms with Gasteiger partial charge in [-0.05, 0) is 64.2 Å². The third-order valence-electron chi connectivity index (χ3n) is 10.2. The van der Waals surface area contributed by atoms with Crippen LogP contribution in [0.4, 0.5) is 0 Å². The van der Waals surface area contributed by atoms with E-state index in [-0.39, 0.29) is 38.0 Å². The van der Waals surface area contributed by atoms with Crippen molar-refractivity contribution in [1.29, 1.82) is 0 Å². The molecule has 6 heteroatoms. The Balaban J connectivity index is 4.46. The number of esters is 3. The van der Waals surface area contributed by atoms with Gasteiger partial charge >= 0.3 is 17.9 Å². The summed E-state index contributed by atoms with van der Waals surface area (Å²) in [6, 6.07) is 0. The molecular formula is C53H90O6. The minimum atomic E-state index is -0.827. The van der Waals surface area contributed by atoms with Gasteiger partial charge < -0.3 is 14.2 Å². The molecule has 0 fully saturated rings. The Labute approximate surface area is 363 Å². The molecule has 0 rings (SSSR count). The van der Waals surface area contributed by atoms with Crippen LogP contribution in [0.5, 0.6) is 0 Å². The van der Waals surface area contributed by atoms with Gasteiger partial charge in [-0.2, -0.15) is 0 Å². The van der Waals surface area contributed by atoms with E-state index >= 15 is 0 Å². The number of rotatable bonds is 43. The summed E-state index contributed by atoms with van der Waals surface area (Å²) in [5.41, 5.74) is 0. The molecule has 0 saturated carbocycles. The number of carbonyl (C=O) groups is 3. The lowest BCUT2D eigenvalue weighted by Gasteiger charge is -2.18. The van der Waals surface area contributed by atoms with Crippen molar-refractivity contribution in [1.82, 2.24) is 0 Å². The van der Waals surface area contributed by atoms with Gasteiger partial charge in [0.25, 0.3) is 0 Å². The molecule has 1 atom stereocenters. The number of hydrogen-bond donors (Lipinski definition) is 0. The van der Waals surface area contributed by atoms with E-state index in [0.29, 0.717) is 12.8 Å². The van der Waals surface area contributed by atoms with Crippen molar-refractivity contribution in [2.24, 2.45) is 0 Å². The predicted molar refractivity (Wildman–Crippen MR) is 251 cm³/mol. The van der Waals surface area contributed by atoms with E-state index in [4.69, 9.17) is 14.2 Å². The van der Waals surface area contributed by atoms with E-state index in [1.807, 2.05) is 6.08 Å². The maximum atomic E-state index is 12.7. The zero-order valence-corrected chi connectivity index (χ0v) is 38.5. The van der Waals surface area contributed by atoms with Crippen LogP contribution in [0.3, 0.4) is 0 Å². The fourth-order valence-electron chi connectivity index (χ4n) is 6.58. The molecule has 6 nitrogen and oxygen atoms in total. The van der Waals surface area contributed by atoms with Crippen LogP contribution in [-0.2, 0) is 28.6 Å². The zero-order chi connectivity index (χ0) is 43.0. The minimum absolute atomic E-state index is 0.127. The van der Waals surface area contributed by atoms with E-state index in [1.54, 1.807) is 6.08 Å². The van der Waals surface area contributed by atoms with E-state index in [0.717, 1.165) is 57.8 Å². The summed E-state index contributed by atoms with van der Waals surface area (Å²) in [7, 11) is 0. The fraction of sp³-hybridized carbons (Fsp3) is 0.717. The molecule has 0 spiro atoms. The summed E-state index contributed by atoms with van der Waals surface area (Å²) in [4.78, 5) is 37.7. The van der Waals surface area contributed by atoms with Crippen molar-refractivity contribution in [3.63, 3.8) is 0 Å². The van der Waals surface area contributed by atoms with Gasteiger partial charge in [0.1, 0.15) is 13.2 Å². The standard InChI is InChI=1S/C53H90O6/c1-4-7-10-13-16-19-21-23-25-26-28-29-31-34-37-40-43-46-52(55)58-49-50(48-57-51(54)45-42-39-36-33-18-15-12-9-6-3)59-53(56)47-44-41-38-35-32-30-27-24-22-20-17-14-11-8-5-2/h9,12,18,23,25,28-29,33-34,37,39,42,50H,4-8,10-11,13-17,19-22,24,26-27,30-32,35-36,38,40-41,43-49H2,1-3H3/b12-9-,25-23-,29-28-,33-18-,37-34-,42-39-. The number of carbonyl (C=O) groups excluding carboxylic acids is 3. The molecule has 338 valence electrons. The summed E-state index contributed by atoms with van der Waals surface area (Å²) in [6.07, 6.45) is 59.3. The Hall–Kier alpha value is -3.15. The lowest BCUT2D eigenvalue weighted by Crippen LogP contribution is -2.30. The molecule has 0 N–H and O–H groups in total. The summed E-state index contributed by atoms with van der Waals surface area (Å²) >= 11 is 0. The molecule has 0 bridgehead atoms. The molecule has 1 unspecified atom stereocenters. The number of unbranched alkanes of at least 4 members (excludes halogenated alkanes) is 21. The van der Waals surface area contributed by atoms with E-state index in [9.17, 15) is 14.4 Å². The Morgan fingerprint density at radius 2 is 0.746 bits per heavy atom. The van der Waals surface area contributed by atoms with Crippen molar-refractivity contribution in [2.45, 2.75) is 232 Å². The summed E-state index contributed by atoms with van der Waals surface area (Å²) in [5.74, 6) is -1.10. The lowest BCUT2D eigenvalue weighted by atomic mass is 10.0. The molecular weight excluding hydrogens is 733 g/mol. The second kappa shape index (κ2) is 47.5. The third-order valence-corrected chi connectivity index (χ3v) is 10.2. The summed E-state index contributed by atoms with van der Waals surface area (Å²) < 4.78 is 16.6. The second-order valence-corrected chi connectivity index (χ2v) is 16.0. The van der Waals surface area contributed by atoms with Crippen molar-refractivity contribution < 1.29 is 28.6 Å². The highest BCUT2D eigenvalue weighted by atomic mass is 16.6. The van der Waals surface area contributed by atoms with Crippen LogP contribution in [0.25, 0.3) is 0 Å². The van der Waals surface area contributed by atoms with Crippen molar-refractivity contribution in [3.05, 3.63) is 72.9 Å². The van der Waals surface area contributed by atoms with Gasteiger partial charge in [-0.15, -0.1) is 0 Å². The molecule has 0 saturated heterocycles. The average Bonchev–Trinajstić information content (AvgIpc) is 3.23. The lowest BCUT2D eigenvalue weighted by molar-refractivity contribution is -0.166. The van der Waals surface area contributed by atoms with Gasteiger partial charge in [-0.25, -0.2) is 0 Å². The monoisotopic (exact) mass is 823 g/mol. The highest BCUT2D eigenvalue weighted by molar-refractivity contribution is 5.72. The molecule has 0 aliphatic heterocycles. The van der Waals surface area contributed by atoms with Crippen LogP contribution in [0.15, 0.2) is 72.9 Å². The van der Waals surface area contributed by atoms with Crippen LogP contribution in [0, 0.1) is 0 Å². The van der Waals surface area contributed by atoms with Gasteiger partial charge in [0.15, 0.2) is 6.10 Å². The van der Waals surface area contributed by atoms with Crippen molar-refractivity contribution in [3.8, 4) is 0 Å². The molecule has 0 aromatic rings. The first-order valence-corrected chi connectivity index (χ1v) is 24.4. The van der Waals surface area contributed by atoms with E-state index in [1.165, 1.54) is 122 Å². The van der Waals surface area contributed by atoms with Crippen LogP contribution < -0.4 is 0 Å². The van der Waals surface area contributed by atoms with Crippen LogP contribution in [0.1, 0.15) is 226 Å². The molecule has 0 heterocycles. The first-order chi connectivity index (χ1) is 29.0.